The van der Waals surface area contributed by atoms with Gasteiger partial charge < -0.3 is 15.4 Å². The number of nitrogens with one attached hydrogen (secondary N) is 2. The SMILES string of the molecule is Cn1cc(-c2cc(Nc3ncc4cc(C#C[Si](C)(C)C)ccc4n3)cc(OCCNC(=O)CN3CCCCC3)c2)cn1. The average molecular weight is 582 g/mol. The van der Waals surface area contributed by atoms with Crippen molar-refractivity contribution in [2.75, 3.05) is 38.1 Å². The first-order valence-electron chi connectivity index (χ1n) is 14.5. The quantitative estimate of drug-likeness (QED) is 0.163. The van der Waals surface area contributed by atoms with Gasteiger partial charge in [0.25, 0.3) is 0 Å². The predicted molar refractivity (Wildman–Crippen MR) is 170 cm³/mol. The molecule has 1 aliphatic heterocycles. The number of anilines is 2. The highest BCUT2D eigenvalue weighted by Gasteiger charge is 2.14. The van der Waals surface area contributed by atoms with Crippen molar-refractivity contribution < 1.29 is 9.53 Å². The van der Waals surface area contributed by atoms with Crippen LogP contribution in [0, 0.1) is 11.5 Å². The van der Waals surface area contributed by atoms with Gasteiger partial charge in [0.05, 0.1) is 24.8 Å². The van der Waals surface area contributed by atoms with Crippen LogP contribution in [0.3, 0.4) is 0 Å². The van der Waals surface area contributed by atoms with Gasteiger partial charge in [-0.2, -0.15) is 5.10 Å². The van der Waals surface area contributed by atoms with E-state index in [2.05, 4.69) is 56.7 Å². The van der Waals surface area contributed by atoms with Crippen molar-refractivity contribution in [2.24, 2.45) is 7.05 Å². The number of ether oxygens (including phenoxy) is 1. The third-order valence-corrected chi connectivity index (χ3v) is 7.75. The Kier molecular flexibility index (Phi) is 9.20. The molecule has 0 aliphatic carbocycles. The highest BCUT2D eigenvalue weighted by molar-refractivity contribution is 6.83. The third kappa shape index (κ3) is 8.41. The molecule has 0 atom stereocenters. The van der Waals surface area contributed by atoms with Crippen LogP contribution in [0.1, 0.15) is 24.8 Å². The van der Waals surface area contributed by atoms with Crippen molar-refractivity contribution in [3.63, 3.8) is 0 Å². The largest absolute Gasteiger partial charge is 0.492 e. The average Bonchev–Trinajstić information content (AvgIpc) is 3.40. The molecule has 3 heterocycles. The topological polar surface area (TPSA) is 97.2 Å². The highest BCUT2D eigenvalue weighted by atomic mass is 28.3. The molecule has 5 rings (SSSR count). The lowest BCUT2D eigenvalue weighted by atomic mass is 10.1. The molecule has 10 heteroatoms. The molecule has 1 amide bonds. The minimum Gasteiger partial charge on any atom is -0.492 e. The maximum atomic E-state index is 12.4. The van der Waals surface area contributed by atoms with E-state index >= 15 is 0 Å². The standard InChI is InChI=1S/C32H39N7O2Si/c1-38-22-27(21-35-38)25-17-28(19-29(18-25)41-14-11-33-31(40)23-39-12-6-5-7-13-39)36-32-34-20-26-16-24(8-9-30(26)37-32)10-15-42(2,3)4/h8-9,16-22H,5-7,11-14,23H2,1-4H3,(H,33,40)(H,34,36,37). The Labute approximate surface area is 248 Å². The molecule has 9 nitrogen and oxygen atoms in total. The number of rotatable bonds is 9. The van der Waals surface area contributed by atoms with E-state index in [0.717, 1.165) is 46.4 Å². The summed E-state index contributed by atoms with van der Waals surface area (Å²) < 4.78 is 7.84. The molecule has 2 N–H and O–H groups in total. The van der Waals surface area contributed by atoms with E-state index in [0.29, 0.717) is 31.4 Å². The second kappa shape index (κ2) is 13.2. The normalized spacial score (nSPS) is 13.8. The summed E-state index contributed by atoms with van der Waals surface area (Å²) >= 11 is 0. The smallest absolute Gasteiger partial charge is 0.234 e. The molecule has 2 aromatic carbocycles. The summed E-state index contributed by atoms with van der Waals surface area (Å²) in [5, 5.41) is 11.6. The molecular formula is C32H39N7O2Si. The maximum Gasteiger partial charge on any atom is 0.234 e. The van der Waals surface area contributed by atoms with Crippen LogP contribution in [0.25, 0.3) is 22.0 Å². The number of fused-ring (bicyclic) bond motifs is 1. The van der Waals surface area contributed by atoms with Crippen molar-refractivity contribution in [3.05, 3.63) is 60.6 Å². The summed E-state index contributed by atoms with van der Waals surface area (Å²) in [6, 6.07) is 11.9. The lowest BCUT2D eigenvalue weighted by molar-refractivity contribution is -0.122. The number of benzene rings is 2. The van der Waals surface area contributed by atoms with E-state index in [1.54, 1.807) is 4.68 Å². The number of likely N-dealkylation sites (tertiary alicyclic amines) is 1. The van der Waals surface area contributed by atoms with Gasteiger partial charge >= 0.3 is 0 Å². The summed E-state index contributed by atoms with van der Waals surface area (Å²) in [4.78, 5) is 23.9. The number of hydrogen-bond donors (Lipinski definition) is 2. The summed E-state index contributed by atoms with van der Waals surface area (Å²) in [7, 11) is 0.434. The molecule has 1 aliphatic rings. The van der Waals surface area contributed by atoms with Crippen molar-refractivity contribution in [2.45, 2.75) is 38.9 Å². The van der Waals surface area contributed by atoms with Gasteiger partial charge in [-0.1, -0.05) is 32.0 Å². The maximum absolute atomic E-state index is 12.4. The zero-order valence-corrected chi connectivity index (χ0v) is 25.9. The molecule has 1 fully saturated rings. The number of piperidine rings is 1. The third-order valence-electron chi connectivity index (χ3n) is 6.87. The number of carbonyl (C=O) groups excluding carboxylic acids is 1. The van der Waals surface area contributed by atoms with Crippen molar-refractivity contribution in [3.8, 4) is 28.3 Å². The first-order valence-corrected chi connectivity index (χ1v) is 18.0. The number of carbonyl (C=O) groups is 1. The first-order chi connectivity index (χ1) is 20.2. The molecule has 2 aromatic heterocycles. The van der Waals surface area contributed by atoms with Crippen LogP contribution >= 0.6 is 0 Å². The fourth-order valence-electron chi connectivity index (χ4n) is 4.79. The minimum absolute atomic E-state index is 0.0376. The van der Waals surface area contributed by atoms with Crippen LogP contribution < -0.4 is 15.4 Å². The van der Waals surface area contributed by atoms with Gasteiger partial charge in [-0.25, -0.2) is 9.97 Å². The van der Waals surface area contributed by atoms with Crippen LogP contribution in [-0.4, -0.2) is 71.4 Å². The number of amides is 1. The summed E-state index contributed by atoms with van der Waals surface area (Å²) in [5.41, 5.74) is 7.92. The van der Waals surface area contributed by atoms with Crippen molar-refractivity contribution in [1.82, 2.24) is 30.0 Å². The number of nitrogens with zero attached hydrogens (tertiary/aromatic N) is 5. The number of aryl methyl sites for hydroxylation is 1. The molecule has 0 spiro atoms. The Morgan fingerprint density at radius 3 is 2.64 bits per heavy atom. The molecule has 218 valence electrons. The minimum atomic E-state index is -1.46. The van der Waals surface area contributed by atoms with Crippen LogP contribution in [0.4, 0.5) is 11.6 Å². The summed E-state index contributed by atoms with van der Waals surface area (Å²) in [6.45, 7) is 9.93. The van der Waals surface area contributed by atoms with E-state index in [1.165, 1.54) is 19.3 Å². The molecule has 1 saturated heterocycles. The predicted octanol–water partition coefficient (Wildman–Crippen LogP) is 4.98. The molecule has 0 unspecified atom stereocenters. The number of aromatic nitrogens is 4. The molecule has 42 heavy (non-hydrogen) atoms. The van der Waals surface area contributed by atoms with Gasteiger partial charge in [-0.3, -0.25) is 14.4 Å². The lowest BCUT2D eigenvalue weighted by Crippen LogP contribution is -2.40. The fraction of sp³-hybridized carbons (Fsp3) is 0.375. The van der Waals surface area contributed by atoms with E-state index in [9.17, 15) is 4.79 Å². The zero-order chi connectivity index (χ0) is 29.5. The van der Waals surface area contributed by atoms with Crippen molar-refractivity contribution >= 4 is 36.5 Å². The fourth-order valence-corrected chi connectivity index (χ4v) is 5.31. The molecule has 0 radical (unpaired) electrons. The lowest BCUT2D eigenvalue weighted by Gasteiger charge is -2.25. The van der Waals surface area contributed by atoms with Crippen LogP contribution in [-0.2, 0) is 11.8 Å². The van der Waals surface area contributed by atoms with Gasteiger partial charge in [0.15, 0.2) is 0 Å². The van der Waals surface area contributed by atoms with Crippen LogP contribution in [0.15, 0.2) is 55.0 Å². The Bertz CT molecular complexity index is 1610. The van der Waals surface area contributed by atoms with Gasteiger partial charge in [-0.15, -0.1) is 5.54 Å². The van der Waals surface area contributed by atoms with Crippen LogP contribution in [0.5, 0.6) is 5.75 Å². The monoisotopic (exact) mass is 581 g/mol. The Hall–Kier alpha value is -4.20. The second-order valence-electron chi connectivity index (χ2n) is 11.8. The van der Waals surface area contributed by atoms with Gasteiger partial charge in [0.1, 0.15) is 20.4 Å². The van der Waals surface area contributed by atoms with Crippen molar-refractivity contribution in [1.29, 1.82) is 0 Å². The molecule has 4 aromatic rings. The van der Waals surface area contributed by atoms with E-state index in [1.807, 2.05) is 62.0 Å². The second-order valence-corrected chi connectivity index (χ2v) is 16.5. The zero-order valence-electron chi connectivity index (χ0n) is 24.9. The van der Waals surface area contributed by atoms with E-state index < -0.39 is 8.07 Å². The molecular weight excluding hydrogens is 542 g/mol. The Balaban J connectivity index is 1.27. The van der Waals surface area contributed by atoms with Gasteiger partial charge in [-0.05, 0) is 61.8 Å². The summed E-state index contributed by atoms with van der Waals surface area (Å²) in [5.74, 6) is 4.50. The Morgan fingerprint density at radius 2 is 1.88 bits per heavy atom. The summed E-state index contributed by atoms with van der Waals surface area (Å²) in [6.07, 6.45) is 9.18. The Morgan fingerprint density at radius 1 is 1.05 bits per heavy atom. The highest BCUT2D eigenvalue weighted by Crippen LogP contribution is 2.30. The van der Waals surface area contributed by atoms with Gasteiger partial charge in [0, 0.05) is 47.7 Å². The van der Waals surface area contributed by atoms with E-state index in [4.69, 9.17) is 9.72 Å². The van der Waals surface area contributed by atoms with E-state index in [-0.39, 0.29) is 5.91 Å². The molecule has 0 bridgehead atoms. The molecule has 0 saturated carbocycles. The van der Waals surface area contributed by atoms with Crippen LogP contribution in [0.2, 0.25) is 19.6 Å². The first kappa shape index (κ1) is 29.3. The van der Waals surface area contributed by atoms with Gasteiger partial charge in [0.2, 0.25) is 11.9 Å². The number of hydrogen-bond acceptors (Lipinski definition) is 7.